The number of nitrogens with zero attached hydrogens (tertiary/aromatic N) is 2. The number of carboxylic acids is 1. The molecule has 104 valence electrons. The lowest BCUT2D eigenvalue weighted by atomic mass is 10.2. The Hall–Kier alpha value is -2.42. The number of nitro benzene ring substituents is 1. The summed E-state index contributed by atoms with van der Waals surface area (Å²) in [4.78, 5) is 24.1. The number of rotatable bonds is 3. The molecule has 0 atom stereocenters. The molecular weight excluding hydrogens is 294 g/mol. The Labute approximate surface area is 114 Å². The Morgan fingerprint density at radius 2 is 2.10 bits per heavy atom. The van der Waals surface area contributed by atoms with Gasteiger partial charge in [-0.3, -0.25) is 10.1 Å². The molecule has 9 heteroatoms. The molecule has 0 radical (unpaired) electrons. The van der Waals surface area contributed by atoms with Crippen molar-refractivity contribution in [3.05, 3.63) is 44.5 Å². The van der Waals surface area contributed by atoms with Gasteiger partial charge < -0.3 is 5.11 Å². The molecule has 0 saturated heterocycles. The van der Waals surface area contributed by atoms with Gasteiger partial charge in [-0.2, -0.15) is 4.39 Å². The number of aromatic carboxylic acids is 1. The first-order chi connectivity index (χ1) is 9.32. The summed E-state index contributed by atoms with van der Waals surface area (Å²) in [5.74, 6) is -3.70. The number of thiazole rings is 1. The number of carboxylic acid groups (broad SMARTS) is 1. The van der Waals surface area contributed by atoms with Crippen LogP contribution in [-0.4, -0.2) is 21.0 Å². The van der Waals surface area contributed by atoms with Gasteiger partial charge in [0.05, 0.1) is 16.2 Å². The fourth-order valence-corrected chi connectivity index (χ4v) is 2.53. The molecule has 0 amide bonds. The van der Waals surface area contributed by atoms with Crippen molar-refractivity contribution < 1.29 is 23.6 Å². The van der Waals surface area contributed by atoms with Crippen molar-refractivity contribution in [3.8, 4) is 10.6 Å². The van der Waals surface area contributed by atoms with E-state index in [2.05, 4.69) is 4.98 Å². The van der Waals surface area contributed by atoms with Gasteiger partial charge in [0.15, 0.2) is 0 Å². The molecule has 0 bridgehead atoms. The van der Waals surface area contributed by atoms with E-state index in [0.717, 1.165) is 6.07 Å². The van der Waals surface area contributed by atoms with Crippen LogP contribution >= 0.6 is 11.3 Å². The number of hydrogen-bond donors (Lipinski definition) is 1. The Morgan fingerprint density at radius 1 is 1.45 bits per heavy atom. The highest BCUT2D eigenvalue weighted by atomic mass is 32.1. The van der Waals surface area contributed by atoms with Crippen LogP contribution < -0.4 is 0 Å². The zero-order valence-electron chi connectivity index (χ0n) is 9.89. The van der Waals surface area contributed by atoms with E-state index in [1.54, 1.807) is 0 Å². The van der Waals surface area contributed by atoms with Crippen LogP contribution in [0.3, 0.4) is 0 Å². The largest absolute Gasteiger partial charge is 0.477 e. The summed E-state index contributed by atoms with van der Waals surface area (Å²) < 4.78 is 27.6. The number of nitro groups is 1. The number of hydrogen-bond acceptors (Lipinski definition) is 5. The molecule has 1 aromatic heterocycles. The number of aromatic nitrogens is 1. The van der Waals surface area contributed by atoms with Crippen LogP contribution in [0.5, 0.6) is 0 Å². The van der Waals surface area contributed by atoms with E-state index < -0.39 is 33.8 Å². The summed E-state index contributed by atoms with van der Waals surface area (Å²) in [5, 5.41) is 19.3. The topological polar surface area (TPSA) is 93.3 Å². The molecule has 0 unspecified atom stereocenters. The molecular formula is C11H6F2N2O4S. The van der Waals surface area contributed by atoms with Crippen LogP contribution in [-0.2, 0) is 0 Å². The van der Waals surface area contributed by atoms with Crippen molar-refractivity contribution >= 4 is 23.0 Å². The standard InChI is InChI=1S/C11H6F2N2O4S/c1-4-9(11(16)17)20-10(14-4)7-5(12)2-3-6(8(7)13)15(18)19/h2-3H,1H3,(H,16,17). The van der Waals surface area contributed by atoms with E-state index in [0.29, 0.717) is 17.4 Å². The van der Waals surface area contributed by atoms with E-state index in [1.807, 2.05) is 0 Å². The van der Waals surface area contributed by atoms with Gasteiger partial charge in [0.25, 0.3) is 0 Å². The van der Waals surface area contributed by atoms with E-state index in [4.69, 9.17) is 5.11 Å². The highest BCUT2D eigenvalue weighted by molar-refractivity contribution is 7.17. The van der Waals surface area contributed by atoms with E-state index >= 15 is 0 Å². The summed E-state index contributed by atoms with van der Waals surface area (Å²) >= 11 is 0.556. The summed E-state index contributed by atoms with van der Waals surface area (Å²) in [7, 11) is 0. The van der Waals surface area contributed by atoms with Crippen LogP contribution in [0.15, 0.2) is 12.1 Å². The fraction of sp³-hybridized carbons (Fsp3) is 0.0909. The minimum absolute atomic E-state index is 0.0859. The van der Waals surface area contributed by atoms with Crippen molar-refractivity contribution in [2.45, 2.75) is 6.92 Å². The van der Waals surface area contributed by atoms with Gasteiger partial charge in [-0.25, -0.2) is 14.2 Å². The molecule has 1 N–H and O–H groups in total. The highest BCUT2D eigenvalue weighted by Gasteiger charge is 2.26. The molecule has 1 heterocycles. The summed E-state index contributed by atoms with van der Waals surface area (Å²) in [6.45, 7) is 1.37. The average molecular weight is 300 g/mol. The maximum atomic E-state index is 13.9. The molecule has 20 heavy (non-hydrogen) atoms. The molecule has 0 spiro atoms. The Balaban J connectivity index is 2.69. The molecule has 0 aliphatic carbocycles. The maximum Gasteiger partial charge on any atom is 0.347 e. The summed E-state index contributed by atoms with van der Waals surface area (Å²) in [6, 6.07) is 1.44. The van der Waals surface area contributed by atoms with Gasteiger partial charge >= 0.3 is 11.7 Å². The number of carbonyl (C=O) groups is 1. The molecule has 1 aromatic carbocycles. The number of benzene rings is 1. The predicted octanol–water partition coefficient (Wildman–Crippen LogP) is 3.00. The van der Waals surface area contributed by atoms with Gasteiger partial charge in [-0.05, 0) is 13.0 Å². The lowest BCUT2D eigenvalue weighted by molar-refractivity contribution is -0.387. The quantitative estimate of drug-likeness (QED) is 0.694. The monoisotopic (exact) mass is 300 g/mol. The van der Waals surface area contributed by atoms with Crippen molar-refractivity contribution in [1.29, 1.82) is 0 Å². The van der Waals surface area contributed by atoms with Crippen molar-refractivity contribution in [2.24, 2.45) is 0 Å². The van der Waals surface area contributed by atoms with Crippen molar-refractivity contribution in [2.75, 3.05) is 0 Å². The van der Waals surface area contributed by atoms with Crippen LogP contribution in [0.2, 0.25) is 0 Å². The third kappa shape index (κ3) is 2.23. The van der Waals surface area contributed by atoms with Gasteiger partial charge in [0, 0.05) is 6.07 Å². The van der Waals surface area contributed by atoms with Crippen molar-refractivity contribution in [3.63, 3.8) is 0 Å². The summed E-state index contributed by atoms with van der Waals surface area (Å²) in [6.07, 6.45) is 0. The Bertz CT molecular complexity index is 729. The van der Waals surface area contributed by atoms with Crippen molar-refractivity contribution in [1.82, 2.24) is 4.98 Å². The van der Waals surface area contributed by atoms with Crippen LogP contribution in [0.4, 0.5) is 14.5 Å². The fourth-order valence-electron chi connectivity index (χ4n) is 1.58. The van der Waals surface area contributed by atoms with Crippen LogP contribution in [0.1, 0.15) is 15.4 Å². The normalized spacial score (nSPS) is 10.6. The van der Waals surface area contributed by atoms with Crippen LogP contribution in [0, 0.1) is 28.7 Å². The Morgan fingerprint density at radius 3 is 2.60 bits per heavy atom. The van der Waals surface area contributed by atoms with Gasteiger partial charge in [0.2, 0.25) is 5.82 Å². The molecule has 0 fully saturated rings. The first-order valence-electron chi connectivity index (χ1n) is 5.16. The lowest BCUT2D eigenvalue weighted by Gasteiger charge is -2.01. The SMILES string of the molecule is Cc1nc(-c2c(F)ccc([N+](=O)[O-])c2F)sc1C(=O)O. The number of halogens is 2. The van der Waals surface area contributed by atoms with E-state index in [9.17, 15) is 23.7 Å². The Kier molecular flexibility index (Phi) is 3.45. The van der Waals surface area contributed by atoms with Crippen LogP contribution in [0.25, 0.3) is 10.6 Å². The minimum Gasteiger partial charge on any atom is -0.477 e. The van der Waals surface area contributed by atoms with Gasteiger partial charge in [-0.1, -0.05) is 0 Å². The minimum atomic E-state index is -1.37. The zero-order chi connectivity index (χ0) is 15.0. The smallest absolute Gasteiger partial charge is 0.347 e. The first kappa shape index (κ1) is 14.0. The molecule has 0 saturated carbocycles. The van der Waals surface area contributed by atoms with E-state index in [1.165, 1.54) is 6.92 Å². The summed E-state index contributed by atoms with van der Waals surface area (Å²) in [5.41, 5.74) is -1.51. The third-order valence-corrected chi connectivity index (χ3v) is 3.64. The number of aryl methyl sites for hydroxylation is 1. The molecule has 2 rings (SSSR count). The zero-order valence-corrected chi connectivity index (χ0v) is 10.7. The first-order valence-corrected chi connectivity index (χ1v) is 5.98. The lowest BCUT2D eigenvalue weighted by Crippen LogP contribution is -1.97. The highest BCUT2D eigenvalue weighted by Crippen LogP contribution is 2.35. The molecule has 6 nitrogen and oxygen atoms in total. The van der Waals surface area contributed by atoms with E-state index in [-0.39, 0.29) is 15.6 Å². The second-order valence-electron chi connectivity index (χ2n) is 3.75. The predicted molar refractivity (Wildman–Crippen MR) is 65.8 cm³/mol. The molecule has 0 aliphatic heterocycles. The van der Waals surface area contributed by atoms with Gasteiger partial charge in [0.1, 0.15) is 15.7 Å². The molecule has 0 aliphatic rings. The second-order valence-corrected chi connectivity index (χ2v) is 4.75. The second kappa shape index (κ2) is 4.93. The average Bonchev–Trinajstić information content (AvgIpc) is 2.70. The third-order valence-electron chi connectivity index (χ3n) is 2.47. The van der Waals surface area contributed by atoms with Gasteiger partial charge in [-0.15, -0.1) is 11.3 Å². The maximum absolute atomic E-state index is 13.9. The molecule has 2 aromatic rings.